The molecule has 0 N–H and O–H groups in total. The van der Waals surface area contributed by atoms with Crippen LogP contribution in [-0.4, -0.2) is 23.3 Å². The van der Waals surface area contributed by atoms with Crippen molar-refractivity contribution in [3.63, 3.8) is 0 Å². The molecule has 0 aliphatic carbocycles. The van der Waals surface area contributed by atoms with E-state index < -0.39 is 6.68 Å². The number of aromatic nitrogens is 2. The molecular formula is C9H15F3N2O. The van der Waals surface area contributed by atoms with Gasteiger partial charge in [0.15, 0.2) is 0 Å². The Balaban J connectivity index is 0.000000423. The van der Waals surface area contributed by atoms with Crippen molar-refractivity contribution in [2.45, 2.75) is 26.1 Å². The van der Waals surface area contributed by atoms with Crippen LogP contribution in [0, 0.1) is 0 Å². The highest BCUT2D eigenvalue weighted by Crippen LogP contribution is 2.16. The molecule has 0 amide bonds. The van der Waals surface area contributed by atoms with Crippen LogP contribution >= 0.6 is 0 Å². The van der Waals surface area contributed by atoms with Crippen LogP contribution in [0.3, 0.4) is 0 Å². The van der Waals surface area contributed by atoms with E-state index in [0.29, 0.717) is 0 Å². The van der Waals surface area contributed by atoms with Crippen LogP contribution in [0.5, 0.6) is 0 Å². The number of alkyl halides is 3. The van der Waals surface area contributed by atoms with E-state index in [9.17, 15) is 13.2 Å². The minimum Gasteiger partial charge on any atom is -0.374 e. The standard InChI is InChI=1S/C8H14N2O.CHF3/c1-4-7(11-3)8-9-5-6-10(8)2;2-1(3)4/h5-7H,4H2,1-3H3;1H. The summed E-state index contributed by atoms with van der Waals surface area (Å²) in [6.07, 6.45) is 4.81. The molecule has 0 radical (unpaired) electrons. The molecule has 0 saturated heterocycles. The summed E-state index contributed by atoms with van der Waals surface area (Å²) in [4.78, 5) is 4.20. The molecule has 0 saturated carbocycles. The molecule has 0 aromatic carbocycles. The Kier molecular flexibility index (Phi) is 6.77. The summed E-state index contributed by atoms with van der Waals surface area (Å²) in [6.45, 7) is -1.58. The predicted molar refractivity (Wildman–Crippen MR) is 50.4 cm³/mol. The summed E-state index contributed by atoms with van der Waals surface area (Å²) in [7, 11) is 3.69. The highest BCUT2D eigenvalue weighted by atomic mass is 19.4. The fourth-order valence-electron chi connectivity index (χ4n) is 1.14. The smallest absolute Gasteiger partial charge is 0.374 e. The number of halogens is 3. The predicted octanol–water partition coefficient (Wildman–Crippen LogP) is 2.70. The summed E-state index contributed by atoms with van der Waals surface area (Å²) >= 11 is 0. The Morgan fingerprint density at radius 1 is 1.47 bits per heavy atom. The summed E-state index contributed by atoms with van der Waals surface area (Å²) in [6, 6.07) is 0. The lowest BCUT2D eigenvalue weighted by atomic mass is 10.2. The van der Waals surface area contributed by atoms with Crippen LogP contribution in [0.25, 0.3) is 0 Å². The lowest BCUT2D eigenvalue weighted by Gasteiger charge is -2.11. The number of nitrogens with zero attached hydrogens (tertiary/aromatic N) is 2. The Morgan fingerprint density at radius 3 is 2.27 bits per heavy atom. The third-order valence-corrected chi connectivity index (χ3v) is 1.80. The maximum absolute atomic E-state index is 9.67. The van der Waals surface area contributed by atoms with Gasteiger partial charge in [0, 0.05) is 26.6 Å². The molecule has 0 bridgehead atoms. The monoisotopic (exact) mass is 224 g/mol. The first-order valence-corrected chi connectivity index (χ1v) is 4.45. The average Bonchev–Trinajstić information content (AvgIpc) is 2.54. The normalized spacial score (nSPS) is 12.2. The van der Waals surface area contributed by atoms with E-state index in [-0.39, 0.29) is 6.10 Å². The van der Waals surface area contributed by atoms with Crippen molar-refractivity contribution in [1.29, 1.82) is 0 Å². The minimum atomic E-state index is -3.67. The molecule has 0 aliphatic heterocycles. The Morgan fingerprint density at radius 2 is 2.00 bits per heavy atom. The molecule has 0 fully saturated rings. The zero-order chi connectivity index (χ0) is 11.8. The molecule has 0 spiro atoms. The number of imidazole rings is 1. The van der Waals surface area contributed by atoms with E-state index in [1.165, 1.54) is 0 Å². The minimum absolute atomic E-state index is 0.134. The molecule has 3 nitrogen and oxygen atoms in total. The average molecular weight is 224 g/mol. The SMILES string of the molecule is CCC(OC)c1nccn1C.FC(F)F. The van der Waals surface area contributed by atoms with Gasteiger partial charge in [0.2, 0.25) is 0 Å². The molecule has 6 heteroatoms. The molecular weight excluding hydrogens is 209 g/mol. The number of ether oxygens (including phenoxy) is 1. The zero-order valence-electron chi connectivity index (χ0n) is 8.95. The summed E-state index contributed by atoms with van der Waals surface area (Å²) in [5, 5.41) is 0. The maximum Gasteiger partial charge on any atom is 0.379 e. The largest absolute Gasteiger partial charge is 0.379 e. The van der Waals surface area contributed by atoms with E-state index in [0.717, 1.165) is 12.2 Å². The van der Waals surface area contributed by atoms with Gasteiger partial charge in [-0.2, -0.15) is 13.2 Å². The molecule has 15 heavy (non-hydrogen) atoms. The highest BCUT2D eigenvalue weighted by Gasteiger charge is 2.11. The van der Waals surface area contributed by atoms with E-state index in [4.69, 9.17) is 4.74 Å². The van der Waals surface area contributed by atoms with Crippen LogP contribution < -0.4 is 0 Å². The van der Waals surface area contributed by atoms with Gasteiger partial charge >= 0.3 is 6.68 Å². The summed E-state index contributed by atoms with van der Waals surface area (Å²) in [5.41, 5.74) is 0. The first-order valence-electron chi connectivity index (χ1n) is 4.45. The van der Waals surface area contributed by atoms with Crippen molar-refractivity contribution in [3.05, 3.63) is 18.2 Å². The van der Waals surface area contributed by atoms with Crippen molar-refractivity contribution in [1.82, 2.24) is 9.55 Å². The number of hydrogen-bond donors (Lipinski definition) is 0. The molecule has 1 aromatic heterocycles. The van der Waals surface area contributed by atoms with Crippen LogP contribution in [0.15, 0.2) is 12.4 Å². The molecule has 1 unspecified atom stereocenters. The van der Waals surface area contributed by atoms with E-state index in [2.05, 4.69) is 11.9 Å². The maximum atomic E-state index is 9.67. The third kappa shape index (κ3) is 5.41. The number of hydrogen-bond acceptors (Lipinski definition) is 2. The number of methoxy groups -OCH3 is 1. The van der Waals surface area contributed by atoms with Crippen molar-refractivity contribution < 1.29 is 17.9 Å². The summed E-state index contributed by atoms with van der Waals surface area (Å²) < 4.78 is 36.2. The quantitative estimate of drug-likeness (QED) is 0.789. The molecule has 88 valence electrons. The first kappa shape index (κ1) is 14.0. The second-order valence-electron chi connectivity index (χ2n) is 2.78. The van der Waals surface area contributed by atoms with E-state index >= 15 is 0 Å². The van der Waals surface area contributed by atoms with Gasteiger partial charge in [-0.1, -0.05) is 6.92 Å². The fraction of sp³-hybridized carbons (Fsp3) is 0.667. The highest BCUT2D eigenvalue weighted by molar-refractivity contribution is 4.95. The molecule has 1 rings (SSSR count). The van der Waals surface area contributed by atoms with Crippen molar-refractivity contribution in [3.8, 4) is 0 Å². The van der Waals surface area contributed by atoms with Crippen molar-refractivity contribution >= 4 is 0 Å². The van der Waals surface area contributed by atoms with Gasteiger partial charge in [-0.05, 0) is 6.42 Å². The van der Waals surface area contributed by atoms with E-state index in [1.807, 2.05) is 17.8 Å². The Labute approximate surface area is 86.9 Å². The lowest BCUT2D eigenvalue weighted by molar-refractivity contribution is 0.00819. The van der Waals surface area contributed by atoms with Gasteiger partial charge in [0.1, 0.15) is 11.9 Å². The first-order chi connectivity index (χ1) is 7.02. The van der Waals surface area contributed by atoms with Crippen molar-refractivity contribution in [2.75, 3.05) is 7.11 Å². The molecule has 1 aromatic rings. The van der Waals surface area contributed by atoms with Gasteiger partial charge in [-0.3, -0.25) is 0 Å². The van der Waals surface area contributed by atoms with Gasteiger partial charge in [-0.25, -0.2) is 4.98 Å². The molecule has 1 atom stereocenters. The van der Waals surface area contributed by atoms with Gasteiger partial charge in [0.25, 0.3) is 0 Å². The van der Waals surface area contributed by atoms with Gasteiger partial charge in [0.05, 0.1) is 0 Å². The second-order valence-corrected chi connectivity index (χ2v) is 2.78. The van der Waals surface area contributed by atoms with Gasteiger partial charge < -0.3 is 9.30 Å². The fourth-order valence-corrected chi connectivity index (χ4v) is 1.14. The number of aryl methyl sites for hydroxylation is 1. The van der Waals surface area contributed by atoms with Gasteiger partial charge in [-0.15, -0.1) is 0 Å². The van der Waals surface area contributed by atoms with E-state index in [1.54, 1.807) is 13.3 Å². The second kappa shape index (κ2) is 7.28. The van der Waals surface area contributed by atoms with Crippen LogP contribution in [0.4, 0.5) is 13.2 Å². The lowest BCUT2D eigenvalue weighted by Crippen LogP contribution is -2.06. The molecule has 0 aliphatic rings. The zero-order valence-corrected chi connectivity index (χ0v) is 8.95. The molecule has 1 heterocycles. The summed E-state index contributed by atoms with van der Waals surface area (Å²) in [5.74, 6) is 0.995. The Hall–Kier alpha value is -1.04. The third-order valence-electron chi connectivity index (χ3n) is 1.80. The van der Waals surface area contributed by atoms with Crippen molar-refractivity contribution in [2.24, 2.45) is 7.05 Å². The van der Waals surface area contributed by atoms with Crippen LogP contribution in [-0.2, 0) is 11.8 Å². The topological polar surface area (TPSA) is 27.1 Å². The Bertz CT molecular complexity index is 259. The van der Waals surface area contributed by atoms with Crippen LogP contribution in [0.2, 0.25) is 0 Å². The number of rotatable bonds is 3. The van der Waals surface area contributed by atoms with Crippen LogP contribution in [0.1, 0.15) is 25.3 Å².